The fraction of sp³-hybridized carbons (Fsp3) is 0.333. The maximum absolute atomic E-state index is 3.62. The van der Waals surface area contributed by atoms with Gasteiger partial charge >= 0.3 is 0 Å². The molecule has 2 rings (SSSR count). The fourth-order valence-electron chi connectivity index (χ4n) is 2.31. The topological polar surface area (TPSA) is 12.0 Å². The second-order valence-corrected chi connectivity index (χ2v) is 5.06. The van der Waals surface area contributed by atoms with Crippen molar-refractivity contribution < 1.29 is 0 Å². The Morgan fingerprint density at radius 3 is 2.41 bits per heavy atom. The third kappa shape index (κ3) is 2.53. The highest BCUT2D eigenvalue weighted by Crippen LogP contribution is 2.31. The summed E-state index contributed by atoms with van der Waals surface area (Å²) < 4.78 is 1.17. The SMILES string of the molecule is CCNC(CC)c1ccc(Br)c2ccccc12. The first-order valence-corrected chi connectivity index (χ1v) is 6.97. The molecule has 0 saturated heterocycles. The van der Waals surface area contributed by atoms with Gasteiger partial charge in [-0.25, -0.2) is 0 Å². The first kappa shape index (κ1) is 12.6. The standard InChI is InChI=1S/C15H18BrN/c1-3-15(17-4-2)13-9-10-14(16)12-8-6-5-7-11(12)13/h5-10,15,17H,3-4H2,1-2H3. The Morgan fingerprint density at radius 1 is 1.06 bits per heavy atom. The monoisotopic (exact) mass is 291 g/mol. The van der Waals surface area contributed by atoms with Gasteiger partial charge in [0.25, 0.3) is 0 Å². The van der Waals surface area contributed by atoms with Crippen molar-refractivity contribution >= 4 is 26.7 Å². The molecule has 2 aromatic rings. The fourth-order valence-corrected chi connectivity index (χ4v) is 2.79. The van der Waals surface area contributed by atoms with E-state index in [0.29, 0.717) is 6.04 Å². The molecule has 0 fully saturated rings. The van der Waals surface area contributed by atoms with E-state index in [0.717, 1.165) is 13.0 Å². The van der Waals surface area contributed by atoms with Crippen LogP contribution in [0.15, 0.2) is 40.9 Å². The molecule has 0 spiro atoms. The maximum atomic E-state index is 3.62. The Balaban J connectivity index is 2.57. The molecule has 0 amide bonds. The minimum absolute atomic E-state index is 0.443. The summed E-state index contributed by atoms with van der Waals surface area (Å²) in [5.74, 6) is 0. The number of hydrogen-bond acceptors (Lipinski definition) is 1. The van der Waals surface area contributed by atoms with E-state index >= 15 is 0 Å². The van der Waals surface area contributed by atoms with Gasteiger partial charge in [-0.05, 0) is 35.4 Å². The molecule has 1 nitrogen and oxygen atoms in total. The Labute approximate surface area is 111 Å². The van der Waals surface area contributed by atoms with E-state index in [2.05, 4.69) is 71.5 Å². The lowest BCUT2D eigenvalue weighted by Crippen LogP contribution is -2.20. The van der Waals surface area contributed by atoms with E-state index in [4.69, 9.17) is 0 Å². The van der Waals surface area contributed by atoms with E-state index in [1.165, 1.54) is 20.8 Å². The molecular formula is C15H18BrN. The number of nitrogens with one attached hydrogen (secondary N) is 1. The largest absolute Gasteiger partial charge is 0.310 e. The highest BCUT2D eigenvalue weighted by Gasteiger charge is 2.12. The van der Waals surface area contributed by atoms with Crippen LogP contribution in [0.25, 0.3) is 10.8 Å². The van der Waals surface area contributed by atoms with Crippen LogP contribution in [0.5, 0.6) is 0 Å². The van der Waals surface area contributed by atoms with Gasteiger partial charge in [0, 0.05) is 10.5 Å². The van der Waals surface area contributed by atoms with Gasteiger partial charge < -0.3 is 5.32 Å². The second-order valence-electron chi connectivity index (χ2n) is 4.20. The smallest absolute Gasteiger partial charge is 0.0323 e. The summed E-state index contributed by atoms with van der Waals surface area (Å²) in [6, 6.07) is 13.4. The van der Waals surface area contributed by atoms with Gasteiger partial charge in [0.05, 0.1) is 0 Å². The zero-order valence-corrected chi connectivity index (χ0v) is 11.9. The minimum Gasteiger partial charge on any atom is -0.310 e. The molecule has 2 heteroatoms. The molecule has 90 valence electrons. The third-order valence-electron chi connectivity index (χ3n) is 3.14. The predicted molar refractivity (Wildman–Crippen MR) is 78.4 cm³/mol. The summed E-state index contributed by atoms with van der Waals surface area (Å²) in [5, 5.41) is 6.18. The average Bonchev–Trinajstić information content (AvgIpc) is 2.37. The van der Waals surface area contributed by atoms with Crippen molar-refractivity contribution in [2.75, 3.05) is 6.54 Å². The molecule has 1 atom stereocenters. The van der Waals surface area contributed by atoms with E-state index in [1.54, 1.807) is 0 Å². The lowest BCUT2D eigenvalue weighted by Gasteiger charge is -2.19. The third-order valence-corrected chi connectivity index (χ3v) is 3.83. The molecule has 0 aliphatic rings. The van der Waals surface area contributed by atoms with Crippen molar-refractivity contribution in [3.63, 3.8) is 0 Å². The van der Waals surface area contributed by atoms with Crippen molar-refractivity contribution in [2.45, 2.75) is 26.3 Å². The van der Waals surface area contributed by atoms with Crippen molar-refractivity contribution in [2.24, 2.45) is 0 Å². The van der Waals surface area contributed by atoms with Gasteiger partial charge in [-0.15, -0.1) is 0 Å². The normalized spacial score (nSPS) is 12.9. The van der Waals surface area contributed by atoms with Crippen LogP contribution < -0.4 is 5.32 Å². The van der Waals surface area contributed by atoms with Crippen molar-refractivity contribution in [1.82, 2.24) is 5.32 Å². The van der Waals surface area contributed by atoms with Crippen molar-refractivity contribution in [1.29, 1.82) is 0 Å². The van der Waals surface area contributed by atoms with Crippen molar-refractivity contribution in [3.8, 4) is 0 Å². The molecule has 2 aromatic carbocycles. The molecule has 17 heavy (non-hydrogen) atoms. The molecule has 0 saturated carbocycles. The molecule has 0 heterocycles. The number of benzene rings is 2. The number of hydrogen-bond donors (Lipinski definition) is 1. The molecule has 1 unspecified atom stereocenters. The minimum atomic E-state index is 0.443. The van der Waals surface area contributed by atoms with Gasteiger partial charge in [0.1, 0.15) is 0 Å². The van der Waals surface area contributed by atoms with Crippen LogP contribution in [-0.4, -0.2) is 6.54 Å². The van der Waals surface area contributed by atoms with Gasteiger partial charge in [0.15, 0.2) is 0 Å². The van der Waals surface area contributed by atoms with Gasteiger partial charge in [-0.2, -0.15) is 0 Å². The lowest BCUT2D eigenvalue weighted by atomic mass is 9.97. The van der Waals surface area contributed by atoms with E-state index in [-0.39, 0.29) is 0 Å². The quantitative estimate of drug-likeness (QED) is 0.864. The van der Waals surface area contributed by atoms with E-state index in [9.17, 15) is 0 Å². The summed E-state index contributed by atoms with van der Waals surface area (Å²) >= 11 is 3.62. The molecule has 0 bridgehead atoms. The van der Waals surface area contributed by atoms with Gasteiger partial charge in [0.2, 0.25) is 0 Å². The molecule has 0 radical (unpaired) electrons. The summed E-state index contributed by atoms with van der Waals surface area (Å²) in [4.78, 5) is 0. The van der Waals surface area contributed by atoms with Gasteiger partial charge in [-0.1, -0.05) is 60.1 Å². The highest BCUT2D eigenvalue weighted by molar-refractivity contribution is 9.10. The van der Waals surface area contributed by atoms with Crippen LogP contribution >= 0.6 is 15.9 Å². The van der Waals surface area contributed by atoms with E-state index < -0.39 is 0 Å². The lowest BCUT2D eigenvalue weighted by molar-refractivity contribution is 0.541. The highest BCUT2D eigenvalue weighted by atomic mass is 79.9. The molecule has 0 aromatic heterocycles. The first-order chi connectivity index (χ1) is 8.27. The number of rotatable bonds is 4. The Bertz CT molecular complexity index is 507. The first-order valence-electron chi connectivity index (χ1n) is 6.18. The molecular weight excluding hydrogens is 274 g/mol. The summed E-state index contributed by atoms with van der Waals surface area (Å²) in [5.41, 5.74) is 1.40. The summed E-state index contributed by atoms with van der Waals surface area (Å²) in [6.07, 6.45) is 1.11. The van der Waals surface area contributed by atoms with E-state index in [1.807, 2.05) is 0 Å². The summed E-state index contributed by atoms with van der Waals surface area (Å²) in [7, 11) is 0. The number of halogens is 1. The number of fused-ring (bicyclic) bond motifs is 1. The van der Waals surface area contributed by atoms with Crippen LogP contribution in [0.1, 0.15) is 31.9 Å². The molecule has 0 aliphatic carbocycles. The zero-order valence-electron chi connectivity index (χ0n) is 10.3. The van der Waals surface area contributed by atoms with Crippen LogP contribution in [0.3, 0.4) is 0 Å². The zero-order chi connectivity index (χ0) is 12.3. The Hall–Kier alpha value is -0.860. The predicted octanol–water partition coefficient (Wildman–Crippen LogP) is 4.66. The molecule has 1 N–H and O–H groups in total. The Morgan fingerprint density at radius 2 is 1.76 bits per heavy atom. The molecule has 0 aliphatic heterocycles. The van der Waals surface area contributed by atoms with Crippen LogP contribution in [0.4, 0.5) is 0 Å². The maximum Gasteiger partial charge on any atom is 0.0323 e. The van der Waals surface area contributed by atoms with Crippen molar-refractivity contribution in [3.05, 3.63) is 46.4 Å². The average molecular weight is 292 g/mol. The van der Waals surface area contributed by atoms with Crippen LogP contribution in [0.2, 0.25) is 0 Å². The van der Waals surface area contributed by atoms with Gasteiger partial charge in [-0.3, -0.25) is 0 Å². The van der Waals surface area contributed by atoms with Crippen LogP contribution in [0, 0.1) is 0 Å². The van der Waals surface area contributed by atoms with Crippen LogP contribution in [-0.2, 0) is 0 Å². The second kappa shape index (κ2) is 5.65. The summed E-state index contributed by atoms with van der Waals surface area (Å²) in [6.45, 7) is 5.39. The Kier molecular flexibility index (Phi) is 4.19.